The molecule has 0 bridgehead atoms. The zero-order chi connectivity index (χ0) is 18.0. The van der Waals surface area contributed by atoms with Crippen LogP contribution in [0.1, 0.15) is 27.7 Å². The minimum absolute atomic E-state index is 0.0488. The second kappa shape index (κ2) is 6.94. The number of carbonyl (C=O) groups is 3. The molecule has 2 heterocycles. The summed E-state index contributed by atoms with van der Waals surface area (Å²) in [5.41, 5.74) is 1.43. The van der Waals surface area contributed by atoms with Gasteiger partial charge in [0.15, 0.2) is 0 Å². The van der Waals surface area contributed by atoms with Crippen molar-refractivity contribution >= 4 is 39.9 Å². The minimum Gasteiger partial charge on any atom is -0.478 e. The third-order valence-electron chi connectivity index (χ3n) is 3.97. The molecule has 1 aromatic carbocycles. The Labute approximate surface area is 148 Å². The molecule has 8 heteroatoms. The van der Waals surface area contributed by atoms with Crippen LogP contribution in [0.5, 0.6) is 0 Å². The molecule has 0 unspecified atom stereocenters. The summed E-state index contributed by atoms with van der Waals surface area (Å²) in [4.78, 5) is 37.8. The van der Waals surface area contributed by atoms with Crippen LogP contribution in [-0.4, -0.2) is 34.5 Å². The van der Waals surface area contributed by atoms with E-state index in [2.05, 4.69) is 10.6 Å². The monoisotopic (exact) mass is 359 g/mol. The maximum Gasteiger partial charge on any atom is 0.339 e. The van der Waals surface area contributed by atoms with E-state index in [-0.39, 0.29) is 16.5 Å². The fourth-order valence-electron chi connectivity index (χ4n) is 2.77. The van der Waals surface area contributed by atoms with Crippen LogP contribution in [0.25, 0.3) is 0 Å². The number of nitrogens with zero attached hydrogens (tertiary/aromatic N) is 1. The van der Waals surface area contributed by atoms with E-state index in [0.29, 0.717) is 30.8 Å². The van der Waals surface area contributed by atoms with E-state index in [1.165, 1.54) is 18.3 Å². The predicted molar refractivity (Wildman–Crippen MR) is 95.2 cm³/mol. The van der Waals surface area contributed by atoms with Gasteiger partial charge in [-0.25, -0.2) is 9.59 Å². The first kappa shape index (κ1) is 17.0. The van der Waals surface area contributed by atoms with Gasteiger partial charge < -0.3 is 15.3 Å². The maximum atomic E-state index is 12.2. The van der Waals surface area contributed by atoms with Gasteiger partial charge in [0.1, 0.15) is 5.00 Å². The number of thiophene rings is 1. The molecule has 0 atom stereocenters. The lowest BCUT2D eigenvalue weighted by molar-refractivity contribution is -0.129. The van der Waals surface area contributed by atoms with Crippen LogP contribution < -0.4 is 10.6 Å². The third-order valence-corrected chi connectivity index (χ3v) is 5.11. The van der Waals surface area contributed by atoms with Crippen molar-refractivity contribution < 1.29 is 19.5 Å². The third kappa shape index (κ3) is 3.63. The number of para-hydroxylation sites is 1. The van der Waals surface area contributed by atoms with Crippen molar-refractivity contribution in [3.05, 3.63) is 46.3 Å². The van der Waals surface area contributed by atoms with E-state index in [0.717, 1.165) is 4.88 Å². The molecule has 130 valence electrons. The fraction of sp³-hybridized carbons (Fsp3) is 0.235. The topological polar surface area (TPSA) is 98.7 Å². The first-order valence-electron chi connectivity index (χ1n) is 7.72. The lowest BCUT2D eigenvalue weighted by atomic mass is 10.0. The molecule has 3 amide bonds. The van der Waals surface area contributed by atoms with Crippen LogP contribution in [0.15, 0.2) is 30.3 Å². The van der Waals surface area contributed by atoms with Gasteiger partial charge in [0.25, 0.3) is 0 Å². The fourth-order valence-corrected chi connectivity index (χ4v) is 4.02. The number of rotatable bonds is 3. The summed E-state index contributed by atoms with van der Waals surface area (Å²) >= 11 is 1.20. The first-order chi connectivity index (χ1) is 12.0. The summed E-state index contributed by atoms with van der Waals surface area (Å²) in [6.45, 7) is 2.34. The normalized spacial score (nSPS) is 13.1. The Morgan fingerprint density at radius 2 is 1.88 bits per heavy atom. The Morgan fingerprint density at radius 3 is 2.52 bits per heavy atom. The quantitative estimate of drug-likeness (QED) is 0.784. The zero-order valence-electron chi connectivity index (χ0n) is 13.5. The van der Waals surface area contributed by atoms with Gasteiger partial charge in [0, 0.05) is 24.0 Å². The maximum absolute atomic E-state index is 12.2. The van der Waals surface area contributed by atoms with E-state index in [4.69, 9.17) is 0 Å². The van der Waals surface area contributed by atoms with Gasteiger partial charge in [-0.3, -0.25) is 10.1 Å². The lowest BCUT2D eigenvalue weighted by Gasteiger charge is -2.25. The molecule has 0 radical (unpaired) electrons. The standard InChI is InChI=1S/C17H17N3O4S/c1-10(21)20-8-7-12-13(9-20)25-15(14(12)16(22)23)19-17(24)18-11-5-3-2-4-6-11/h2-6H,7-9H2,1H3,(H,22,23)(H2,18,19,24). The lowest BCUT2D eigenvalue weighted by Crippen LogP contribution is -2.33. The van der Waals surface area contributed by atoms with E-state index in [9.17, 15) is 19.5 Å². The Hall–Kier alpha value is -2.87. The van der Waals surface area contributed by atoms with Gasteiger partial charge in [-0.1, -0.05) is 18.2 Å². The summed E-state index contributed by atoms with van der Waals surface area (Å²) in [6, 6.07) is 8.39. The predicted octanol–water partition coefficient (Wildman–Crippen LogP) is 2.99. The molecule has 25 heavy (non-hydrogen) atoms. The highest BCUT2D eigenvalue weighted by Gasteiger charge is 2.29. The van der Waals surface area contributed by atoms with Crippen LogP contribution >= 0.6 is 11.3 Å². The van der Waals surface area contributed by atoms with Crippen molar-refractivity contribution in [2.24, 2.45) is 0 Å². The number of carbonyl (C=O) groups excluding carboxylic acids is 2. The molecule has 0 spiro atoms. The van der Waals surface area contributed by atoms with E-state index in [1.807, 2.05) is 6.07 Å². The molecular weight excluding hydrogens is 342 g/mol. The summed E-state index contributed by atoms with van der Waals surface area (Å²) in [5, 5.41) is 15.1. The number of urea groups is 1. The largest absolute Gasteiger partial charge is 0.478 e. The Morgan fingerprint density at radius 1 is 1.16 bits per heavy atom. The number of hydrogen-bond acceptors (Lipinski definition) is 4. The Bertz CT molecular complexity index is 832. The summed E-state index contributed by atoms with van der Waals surface area (Å²) in [5.74, 6) is -1.13. The Balaban J connectivity index is 1.83. The first-order valence-corrected chi connectivity index (χ1v) is 8.53. The molecule has 0 saturated carbocycles. The molecule has 0 aliphatic carbocycles. The number of amides is 3. The van der Waals surface area contributed by atoms with Crippen molar-refractivity contribution in [2.75, 3.05) is 17.2 Å². The molecule has 1 aliphatic rings. The smallest absolute Gasteiger partial charge is 0.339 e. The van der Waals surface area contributed by atoms with Crippen molar-refractivity contribution in [3.63, 3.8) is 0 Å². The van der Waals surface area contributed by atoms with Gasteiger partial charge in [-0.05, 0) is 24.1 Å². The second-order valence-electron chi connectivity index (χ2n) is 5.65. The number of anilines is 2. The average Bonchev–Trinajstić information content (AvgIpc) is 2.92. The minimum atomic E-state index is -1.08. The molecule has 2 aromatic rings. The van der Waals surface area contributed by atoms with Crippen LogP contribution in [0.3, 0.4) is 0 Å². The highest BCUT2D eigenvalue weighted by atomic mass is 32.1. The number of carboxylic acid groups (broad SMARTS) is 1. The average molecular weight is 359 g/mol. The van der Waals surface area contributed by atoms with Gasteiger partial charge in [0.05, 0.1) is 12.1 Å². The summed E-state index contributed by atoms with van der Waals surface area (Å²) < 4.78 is 0. The number of carboxylic acids is 1. The van der Waals surface area contributed by atoms with Crippen LogP contribution in [0, 0.1) is 0 Å². The van der Waals surface area contributed by atoms with Gasteiger partial charge >= 0.3 is 12.0 Å². The second-order valence-corrected chi connectivity index (χ2v) is 6.75. The van der Waals surface area contributed by atoms with Crippen LogP contribution in [-0.2, 0) is 17.8 Å². The summed E-state index contributed by atoms with van der Waals surface area (Å²) in [6.07, 6.45) is 0.467. The molecule has 1 aliphatic heterocycles. The number of benzene rings is 1. The highest BCUT2D eigenvalue weighted by molar-refractivity contribution is 7.17. The van der Waals surface area contributed by atoms with E-state index in [1.54, 1.807) is 29.2 Å². The van der Waals surface area contributed by atoms with Crippen molar-refractivity contribution in [3.8, 4) is 0 Å². The van der Waals surface area contributed by atoms with Crippen LogP contribution in [0.2, 0.25) is 0 Å². The molecule has 3 N–H and O–H groups in total. The number of hydrogen-bond donors (Lipinski definition) is 3. The summed E-state index contributed by atoms with van der Waals surface area (Å²) in [7, 11) is 0. The van der Waals surface area contributed by atoms with Crippen molar-refractivity contribution in [1.82, 2.24) is 4.90 Å². The molecule has 1 aromatic heterocycles. The number of aromatic carboxylic acids is 1. The van der Waals surface area contributed by atoms with Gasteiger partial charge in [-0.15, -0.1) is 11.3 Å². The van der Waals surface area contributed by atoms with E-state index < -0.39 is 12.0 Å². The van der Waals surface area contributed by atoms with Crippen molar-refractivity contribution in [2.45, 2.75) is 19.9 Å². The molecule has 0 saturated heterocycles. The van der Waals surface area contributed by atoms with Crippen molar-refractivity contribution in [1.29, 1.82) is 0 Å². The van der Waals surface area contributed by atoms with Gasteiger partial charge in [0.2, 0.25) is 5.91 Å². The molecular formula is C17H17N3O4S. The molecule has 7 nitrogen and oxygen atoms in total. The zero-order valence-corrected chi connectivity index (χ0v) is 14.4. The molecule has 3 rings (SSSR count). The Kier molecular flexibility index (Phi) is 4.71. The number of fused-ring (bicyclic) bond motifs is 1. The highest BCUT2D eigenvalue weighted by Crippen LogP contribution is 2.37. The van der Waals surface area contributed by atoms with E-state index >= 15 is 0 Å². The molecule has 0 fully saturated rings. The SMILES string of the molecule is CC(=O)N1CCc2c(sc(NC(=O)Nc3ccccc3)c2C(=O)O)C1. The number of nitrogens with one attached hydrogen (secondary N) is 2. The van der Waals surface area contributed by atoms with Gasteiger partial charge in [-0.2, -0.15) is 0 Å². The van der Waals surface area contributed by atoms with Crippen LogP contribution in [0.4, 0.5) is 15.5 Å².